The standard InChI is InChI=1S/C20H13N3O7/c21-9-13-15(25)6-5-12(16(13)18(26)23-22)19(27)30-20(28)17-11(7-8-29-17)10-3-1-2-4-14(10)24/h1-8,24-25H,22H2,(H,23,26). The lowest BCUT2D eigenvalue weighted by molar-refractivity contribution is 0.0374. The van der Waals surface area contributed by atoms with Crippen LogP contribution >= 0.6 is 0 Å². The number of benzene rings is 2. The van der Waals surface area contributed by atoms with Crippen molar-refractivity contribution in [2.45, 2.75) is 0 Å². The Morgan fingerprint density at radius 2 is 1.73 bits per heavy atom. The van der Waals surface area contributed by atoms with Crippen molar-refractivity contribution in [2.24, 2.45) is 5.84 Å². The van der Waals surface area contributed by atoms with Crippen molar-refractivity contribution in [3.63, 3.8) is 0 Å². The zero-order valence-corrected chi connectivity index (χ0v) is 15.1. The van der Waals surface area contributed by atoms with Crippen molar-refractivity contribution >= 4 is 17.8 Å². The van der Waals surface area contributed by atoms with Crippen molar-refractivity contribution in [3.05, 3.63) is 71.2 Å². The Bertz CT molecular complexity index is 1210. The molecule has 5 N–H and O–H groups in total. The van der Waals surface area contributed by atoms with E-state index in [1.807, 2.05) is 0 Å². The van der Waals surface area contributed by atoms with Gasteiger partial charge in [0, 0.05) is 11.1 Å². The van der Waals surface area contributed by atoms with Crippen LogP contribution in [-0.4, -0.2) is 28.1 Å². The molecule has 0 saturated carbocycles. The van der Waals surface area contributed by atoms with Crippen molar-refractivity contribution in [2.75, 3.05) is 0 Å². The second kappa shape index (κ2) is 8.17. The van der Waals surface area contributed by atoms with Gasteiger partial charge in [-0.3, -0.25) is 10.2 Å². The number of aromatic hydroxyl groups is 2. The zero-order valence-electron chi connectivity index (χ0n) is 15.1. The number of phenols is 2. The molecule has 0 aliphatic carbocycles. The first-order valence-corrected chi connectivity index (χ1v) is 8.28. The van der Waals surface area contributed by atoms with Crippen molar-refractivity contribution in [1.29, 1.82) is 5.26 Å². The Morgan fingerprint density at radius 3 is 2.40 bits per heavy atom. The summed E-state index contributed by atoms with van der Waals surface area (Å²) in [6.45, 7) is 0. The number of hydrogen-bond donors (Lipinski definition) is 4. The number of nitrogens with one attached hydrogen (secondary N) is 1. The first-order valence-electron chi connectivity index (χ1n) is 8.28. The molecule has 0 radical (unpaired) electrons. The van der Waals surface area contributed by atoms with Crippen LogP contribution in [0.4, 0.5) is 0 Å². The molecule has 1 amide bonds. The molecular formula is C20H13N3O7. The van der Waals surface area contributed by atoms with E-state index in [9.17, 15) is 29.9 Å². The van der Waals surface area contributed by atoms with Crippen LogP contribution in [0.2, 0.25) is 0 Å². The molecule has 0 bridgehead atoms. The molecule has 0 saturated heterocycles. The maximum absolute atomic E-state index is 12.5. The summed E-state index contributed by atoms with van der Waals surface area (Å²) < 4.78 is 9.90. The second-order valence-corrected chi connectivity index (χ2v) is 5.83. The summed E-state index contributed by atoms with van der Waals surface area (Å²) >= 11 is 0. The summed E-state index contributed by atoms with van der Waals surface area (Å²) in [5.74, 6) is 0.490. The maximum atomic E-state index is 12.5. The number of nitriles is 1. The van der Waals surface area contributed by atoms with E-state index in [-0.39, 0.29) is 22.6 Å². The minimum atomic E-state index is -1.28. The van der Waals surface area contributed by atoms with E-state index >= 15 is 0 Å². The van der Waals surface area contributed by atoms with Crippen LogP contribution in [-0.2, 0) is 4.74 Å². The third-order valence-electron chi connectivity index (χ3n) is 4.10. The summed E-state index contributed by atoms with van der Waals surface area (Å²) in [6, 6.07) is 11.1. The highest BCUT2D eigenvalue weighted by Crippen LogP contribution is 2.33. The predicted molar refractivity (Wildman–Crippen MR) is 100 cm³/mol. The van der Waals surface area contributed by atoms with Gasteiger partial charge in [-0.2, -0.15) is 5.26 Å². The molecule has 10 nitrogen and oxygen atoms in total. The first-order chi connectivity index (χ1) is 14.4. The Morgan fingerprint density at radius 1 is 1.00 bits per heavy atom. The molecule has 3 rings (SSSR count). The lowest BCUT2D eigenvalue weighted by atomic mass is 10.00. The molecule has 1 aromatic heterocycles. The Kier molecular flexibility index (Phi) is 5.48. The fraction of sp³-hybridized carbons (Fsp3) is 0. The molecular weight excluding hydrogens is 394 g/mol. The molecule has 10 heteroatoms. The van der Waals surface area contributed by atoms with Crippen LogP contribution in [0, 0.1) is 11.3 Å². The number of nitrogens with zero attached hydrogens (tertiary/aromatic N) is 1. The highest BCUT2D eigenvalue weighted by Gasteiger charge is 2.28. The molecule has 30 heavy (non-hydrogen) atoms. The van der Waals surface area contributed by atoms with Gasteiger partial charge in [0.15, 0.2) is 0 Å². The number of hydrazine groups is 1. The van der Waals surface area contributed by atoms with E-state index in [2.05, 4.69) is 0 Å². The number of rotatable bonds is 4. The maximum Gasteiger partial charge on any atom is 0.382 e. The number of nitrogens with two attached hydrogens (primary N) is 1. The summed E-state index contributed by atoms with van der Waals surface area (Å²) in [6.07, 6.45) is 1.17. The van der Waals surface area contributed by atoms with E-state index < -0.39 is 40.3 Å². The molecule has 0 aliphatic heterocycles. The normalized spacial score (nSPS) is 10.1. The first kappa shape index (κ1) is 20.1. The number of para-hydroxylation sites is 1. The minimum Gasteiger partial charge on any atom is -0.507 e. The number of ether oxygens (including phenoxy) is 1. The van der Waals surface area contributed by atoms with Crippen molar-refractivity contribution < 1.29 is 33.8 Å². The molecule has 0 atom stereocenters. The summed E-state index contributed by atoms with van der Waals surface area (Å²) in [5.41, 5.74) is 0.647. The molecule has 0 fully saturated rings. The summed E-state index contributed by atoms with van der Waals surface area (Å²) in [4.78, 5) is 37.1. The van der Waals surface area contributed by atoms with E-state index in [0.29, 0.717) is 0 Å². The number of carbonyl (C=O) groups is 3. The zero-order chi connectivity index (χ0) is 21.8. The third-order valence-corrected chi connectivity index (χ3v) is 4.10. The molecule has 2 aromatic carbocycles. The lowest BCUT2D eigenvalue weighted by Crippen LogP contribution is -2.32. The van der Waals surface area contributed by atoms with Crippen molar-refractivity contribution in [1.82, 2.24) is 5.43 Å². The van der Waals surface area contributed by atoms with E-state index in [1.165, 1.54) is 24.5 Å². The van der Waals surface area contributed by atoms with E-state index in [1.54, 1.807) is 23.6 Å². The second-order valence-electron chi connectivity index (χ2n) is 5.83. The smallest absolute Gasteiger partial charge is 0.382 e. The van der Waals surface area contributed by atoms with Gasteiger partial charge in [0.25, 0.3) is 5.91 Å². The topological polar surface area (TPSA) is 176 Å². The Labute approximate surface area is 168 Å². The largest absolute Gasteiger partial charge is 0.507 e. The van der Waals surface area contributed by atoms with Gasteiger partial charge in [0.1, 0.15) is 23.1 Å². The molecule has 3 aromatic rings. The minimum absolute atomic E-state index is 0.127. The van der Waals surface area contributed by atoms with E-state index in [0.717, 1.165) is 12.1 Å². The molecule has 0 spiro atoms. The summed E-state index contributed by atoms with van der Waals surface area (Å²) in [5, 5.41) is 28.9. The molecule has 0 unspecified atom stereocenters. The van der Waals surface area contributed by atoms with Gasteiger partial charge in [0.05, 0.1) is 17.4 Å². The predicted octanol–water partition coefficient (Wildman–Crippen LogP) is 1.83. The number of hydrogen-bond acceptors (Lipinski definition) is 9. The third kappa shape index (κ3) is 3.56. The number of furan rings is 1. The SMILES string of the molecule is N#Cc1c(O)ccc(C(=O)OC(=O)c2occc2-c2ccccc2O)c1C(=O)NN. The van der Waals surface area contributed by atoms with Crippen LogP contribution in [0.15, 0.2) is 53.1 Å². The van der Waals surface area contributed by atoms with Crippen LogP contribution in [0.5, 0.6) is 11.5 Å². The number of esters is 2. The van der Waals surface area contributed by atoms with Crippen LogP contribution < -0.4 is 11.3 Å². The van der Waals surface area contributed by atoms with Gasteiger partial charge >= 0.3 is 11.9 Å². The van der Waals surface area contributed by atoms with Gasteiger partial charge in [-0.05, 0) is 24.3 Å². The monoisotopic (exact) mass is 407 g/mol. The van der Waals surface area contributed by atoms with Gasteiger partial charge in [-0.25, -0.2) is 15.4 Å². The Hall–Kier alpha value is -4.62. The van der Waals surface area contributed by atoms with Crippen LogP contribution in [0.3, 0.4) is 0 Å². The van der Waals surface area contributed by atoms with E-state index in [4.69, 9.17) is 15.0 Å². The van der Waals surface area contributed by atoms with Crippen molar-refractivity contribution in [3.8, 4) is 28.7 Å². The fourth-order valence-electron chi connectivity index (χ4n) is 2.75. The van der Waals surface area contributed by atoms with Crippen LogP contribution in [0.1, 0.15) is 36.8 Å². The van der Waals surface area contributed by atoms with Gasteiger partial charge < -0.3 is 19.4 Å². The van der Waals surface area contributed by atoms with Gasteiger partial charge in [-0.15, -0.1) is 0 Å². The molecule has 0 aliphatic rings. The summed E-state index contributed by atoms with van der Waals surface area (Å²) in [7, 11) is 0. The molecule has 150 valence electrons. The van der Waals surface area contributed by atoms with Crippen LogP contribution in [0.25, 0.3) is 11.1 Å². The van der Waals surface area contributed by atoms with Gasteiger partial charge in [0.2, 0.25) is 5.76 Å². The highest BCUT2D eigenvalue weighted by molar-refractivity contribution is 6.11. The van der Waals surface area contributed by atoms with Gasteiger partial charge in [-0.1, -0.05) is 18.2 Å². The Balaban J connectivity index is 1.97. The molecule has 1 heterocycles. The number of phenolic OH excluding ortho intramolecular Hbond substituents is 2. The quantitative estimate of drug-likeness (QED) is 0.165. The lowest BCUT2D eigenvalue weighted by Gasteiger charge is -2.10. The number of carbonyl (C=O) groups excluding carboxylic acids is 3. The number of amides is 1. The average molecular weight is 407 g/mol. The average Bonchev–Trinajstić information content (AvgIpc) is 3.22. The fourth-order valence-corrected chi connectivity index (χ4v) is 2.75. The number of nitrogen functional groups attached to an aromatic ring is 1. The highest BCUT2D eigenvalue weighted by atomic mass is 16.6.